The number of fused-ring (bicyclic) bond motifs is 3. The van der Waals surface area contributed by atoms with E-state index >= 15 is 0 Å². The van der Waals surface area contributed by atoms with Crippen molar-refractivity contribution in [2.45, 2.75) is 31.8 Å². The van der Waals surface area contributed by atoms with Crippen molar-refractivity contribution < 1.29 is 14.6 Å². The first kappa shape index (κ1) is 15.9. The Hall–Kier alpha value is -2.59. The molecule has 0 amide bonds. The van der Waals surface area contributed by atoms with Gasteiger partial charge in [0, 0.05) is 10.9 Å². The number of hydrogen-bond donors (Lipinski definition) is 2. The van der Waals surface area contributed by atoms with Crippen LogP contribution in [0.3, 0.4) is 0 Å². The number of aromatic nitrogens is 1. The quantitative estimate of drug-likeness (QED) is 0.738. The van der Waals surface area contributed by atoms with E-state index in [1.165, 1.54) is 10.9 Å². The van der Waals surface area contributed by atoms with Crippen LogP contribution in [0.1, 0.15) is 31.0 Å². The molecule has 4 nitrogen and oxygen atoms in total. The second-order valence-corrected chi connectivity index (χ2v) is 6.59. The van der Waals surface area contributed by atoms with E-state index < -0.39 is 11.6 Å². The molecule has 0 aliphatic carbocycles. The minimum absolute atomic E-state index is 0.0238. The summed E-state index contributed by atoms with van der Waals surface area (Å²) in [7, 11) is 0. The molecule has 0 bridgehead atoms. The summed E-state index contributed by atoms with van der Waals surface area (Å²) in [5.74, 6) is -0.836. The van der Waals surface area contributed by atoms with Crippen molar-refractivity contribution in [2.75, 3.05) is 6.61 Å². The molecular formula is C21H21NO3. The molecule has 1 aromatic heterocycles. The molecule has 3 aromatic rings. The molecule has 4 heteroatoms. The van der Waals surface area contributed by atoms with E-state index in [1.807, 2.05) is 25.1 Å². The highest BCUT2D eigenvalue weighted by Gasteiger charge is 2.41. The zero-order valence-corrected chi connectivity index (χ0v) is 14.2. The molecule has 0 saturated carbocycles. The predicted molar refractivity (Wildman–Crippen MR) is 97.6 cm³/mol. The van der Waals surface area contributed by atoms with Gasteiger partial charge in [0.05, 0.1) is 24.2 Å². The van der Waals surface area contributed by atoms with Crippen LogP contribution in [-0.2, 0) is 21.6 Å². The summed E-state index contributed by atoms with van der Waals surface area (Å²) in [6.07, 6.45) is 1.40. The van der Waals surface area contributed by atoms with Crippen molar-refractivity contribution >= 4 is 16.9 Å². The summed E-state index contributed by atoms with van der Waals surface area (Å²) in [4.78, 5) is 15.0. The second kappa shape index (κ2) is 6.05. The first-order chi connectivity index (χ1) is 12.1. The van der Waals surface area contributed by atoms with E-state index in [0.717, 1.165) is 28.8 Å². The topological polar surface area (TPSA) is 62.3 Å². The van der Waals surface area contributed by atoms with Crippen LogP contribution in [0.4, 0.5) is 0 Å². The largest absolute Gasteiger partial charge is 0.481 e. The van der Waals surface area contributed by atoms with Gasteiger partial charge in [0.15, 0.2) is 0 Å². The van der Waals surface area contributed by atoms with Crippen molar-refractivity contribution in [2.24, 2.45) is 0 Å². The number of aromatic amines is 1. The van der Waals surface area contributed by atoms with Gasteiger partial charge in [-0.05, 0) is 24.0 Å². The Morgan fingerprint density at radius 1 is 1.20 bits per heavy atom. The monoisotopic (exact) mass is 335 g/mol. The van der Waals surface area contributed by atoms with Gasteiger partial charge in [-0.3, -0.25) is 4.79 Å². The smallest absolute Gasteiger partial charge is 0.306 e. The fourth-order valence-corrected chi connectivity index (χ4v) is 3.99. The highest BCUT2D eigenvalue weighted by atomic mass is 16.5. The van der Waals surface area contributed by atoms with Gasteiger partial charge in [0.1, 0.15) is 5.60 Å². The van der Waals surface area contributed by atoms with Gasteiger partial charge in [-0.2, -0.15) is 0 Å². The van der Waals surface area contributed by atoms with Crippen molar-refractivity contribution in [3.63, 3.8) is 0 Å². The van der Waals surface area contributed by atoms with Crippen molar-refractivity contribution in [1.82, 2.24) is 4.98 Å². The Labute approximate surface area is 146 Å². The SMILES string of the molecule is CCC1(CC(=O)O)OCCc2c1[nH]c1c(-c3ccccc3)cccc21. The third-order valence-corrected chi connectivity index (χ3v) is 5.22. The number of benzene rings is 2. The molecule has 1 atom stereocenters. The van der Waals surface area contributed by atoms with Gasteiger partial charge in [0.2, 0.25) is 0 Å². The maximum absolute atomic E-state index is 11.5. The van der Waals surface area contributed by atoms with Gasteiger partial charge < -0.3 is 14.8 Å². The molecule has 25 heavy (non-hydrogen) atoms. The van der Waals surface area contributed by atoms with Crippen LogP contribution in [0.5, 0.6) is 0 Å². The molecule has 1 unspecified atom stereocenters. The summed E-state index contributed by atoms with van der Waals surface area (Å²) in [6.45, 7) is 2.54. The highest BCUT2D eigenvalue weighted by molar-refractivity contribution is 5.97. The van der Waals surface area contributed by atoms with E-state index in [1.54, 1.807) is 0 Å². The Balaban J connectivity index is 1.96. The number of hydrogen-bond acceptors (Lipinski definition) is 2. The van der Waals surface area contributed by atoms with Crippen molar-refractivity contribution in [3.8, 4) is 11.1 Å². The zero-order valence-electron chi connectivity index (χ0n) is 14.2. The summed E-state index contributed by atoms with van der Waals surface area (Å²) >= 11 is 0. The Morgan fingerprint density at radius 3 is 2.72 bits per heavy atom. The Bertz CT molecular complexity index is 929. The number of para-hydroxylation sites is 1. The fourth-order valence-electron chi connectivity index (χ4n) is 3.99. The van der Waals surface area contributed by atoms with Gasteiger partial charge in [0.25, 0.3) is 0 Å². The number of rotatable bonds is 4. The molecule has 2 N–H and O–H groups in total. The van der Waals surface area contributed by atoms with Gasteiger partial charge in [-0.1, -0.05) is 55.5 Å². The lowest BCUT2D eigenvalue weighted by atomic mass is 9.86. The third-order valence-electron chi connectivity index (χ3n) is 5.22. The maximum atomic E-state index is 11.5. The van der Waals surface area contributed by atoms with Crippen LogP contribution < -0.4 is 0 Å². The van der Waals surface area contributed by atoms with E-state index in [0.29, 0.717) is 13.0 Å². The lowest BCUT2D eigenvalue weighted by Gasteiger charge is -2.35. The third kappa shape index (κ3) is 2.53. The molecule has 2 heterocycles. The Kier molecular flexibility index (Phi) is 3.85. The van der Waals surface area contributed by atoms with Crippen molar-refractivity contribution in [1.29, 1.82) is 0 Å². The van der Waals surface area contributed by atoms with E-state index in [4.69, 9.17) is 4.74 Å². The highest BCUT2D eigenvalue weighted by Crippen LogP contribution is 2.43. The number of carbonyl (C=O) groups is 1. The average molecular weight is 335 g/mol. The molecule has 0 spiro atoms. The predicted octanol–water partition coefficient (Wildman–Crippen LogP) is 4.49. The number of nitrogens with one attached hydrogen (secondary N) is 1. The first-order valence-electron chi connectivity index (χ1n) is 8.70. The van der Waals surface area contributed by atoms with Gasteiger partial charge in [-0.15, -0.1) is 0 Å². The minimum Gasteiger partial charge on any atom is -0.481 e. The van der Waals surface area contributed by atoms with E-state index in [-0.39, 0.29) is 6.42 Å². The van der Waals surface area contributed by atoms with E-state index in [2.05, 4.69) is 35.3 Å². The van der Waals surface area contributed by atoms with E-state index in [9.17, 15) is 9.90 Å². The molecule has 1 aliphatic rings. The van der Waals surface area contributed by atoms with Crippen LogP contribution >= 0.6 is 0 Å². The van der Waals surface area contributed by atoms with Crippen LogP contribution in [0.25, 0.3) is 22.0 Å². The molecular weight excluding hydrogens is 314 g/mol. The average Bonchev–Trinajstić information content (AvgIpc) is 3.02. The van der Waals surface area contributed by atoms with Gasteiger partial charge in [-0.25, -0.2) is 0 Å². The number of ether oxygens (including phenoxy) is 1. The number of carboxylic acid groups (broad SMARTS) is 1. The summed E-state index contributed by atoms with van der Waals surface area (Å²) in [5.41, 5.74) is 4.70. The molecule has 4 rings (SSSR count). The van der Waals surface area contributed by atoms with Crippen LogP contribution in [0, 0.1) is 0 Å². The van der Waals surface area contributed by atoms with Gasteiger partial charge >= 0.3 is 5.97 Å². The molecule has 2 aromatic carbocycles. The molecule has 0 radical (unpaired) electrons. The zero-order chi connectivity index (χ0) is 17.4. The minimum atomic E-state index is -0.836. The lowest BCUT2D eigenvalue weighted by molar-refractivity contribution is -0.148. The Morgan fingerprint density at radius 2 is 2.00 bits per heavy atom. The molecule has 0 saturated heterocycles. The first-order valence-corrected chi connectivity index (χ1v) is 8.70. The second-order valence-electron chi connectivity index (χ2n) is 6.59. The number of aliphatic carboxylic acids is 1. The standard InChI is InChI=1S/C21H21NO3/c1-2-21(13-18(23)24)20-17(11-12-25-21)16-10-6-9-15(19(16)22-20)14-7-4-3-5-8-14/h3-10,22H,2,11-13H2,1H3,(H,23,24). The molecule has 0 fully saturated rings. The number of H-pyrrole nitrogens is 1. The molecule has 1 aliphatic heterocycles. The van der Waals surface area contributed by atoms with Crippen LogP contribution in [-0.4, -0.2) is 22.7 Å². The normalized spacial score (nSPS) is 19.7. The number of carboxylic acids is 1. The summed E-state index contributed by atoms with van der Waals surface area (Å²) in [6, 6.07) is 16.5. The van der Waals surface area contributed by atoms with Crippen LogP contribution in [0.2, 0.25) is 0 Å². The summed E-state index contributed by atoms with van der Waals surface area (Å²) < 4.78 is 6.02. The fraction of sp³-hybridized carbons (Fsp3) is 0.286. The lowest BCUT2D eigenvalue weighted by Crippen LogP contribution is -2.37. The summed E-state index contributed by atoms with van der Waals surface area (Å²) in [5, 5.41) is 10.6. The molecule has 128 valence electrons. The maximum Gasteiger partial charge on any atom is 0.306 e. The van der Waals surface area contributed by atoms with Crippen molar-refractivity contribution in [3.05, 3.63) is 59.8 Å². The van der Waals surface area contributed by atoms with Crippen LogP contribution in [0.15, 0.2) is 48.5 Å².